The number of rotatable bonds is 9. The van der Waals surface area contributed by atoms with Gasteiger partial charge in [-0.25, -0.2) is 0 Å². The summed E-state index contributed by atoms with van der Waals surface area (Å²) in [6.07, 6.45) is 5.06. The Balaban J connectivity index is 2.18. The van der Waals surface area contributed by atoms with Crippen molar-refractivity contribution in [1.82, 2.24) is 20.0 Å². The third-order valence-corrected chi connectivity index (χ3v) is 3.08. The lowest BCUT2D eigenvalue weighted by atomic mass is 10.2. The number of hydrogen-bond acceptors (Lipinski definition) is 4. The average molecular weight is 254 g/mol. The van der Waals surface area contributed by atoms with Crippen LogP contribution in [0.4, 0.5) is 0 Å². The lowest BCUT2D eigenvalue weighted by Gasteiger charge is -2.24. The predicted octanol–water partition coefficient (Wildman–Crippen LogP) is 0.867. The van der Waals surface area contributed by atoms with Crippen molar-refractivity contribution >= 4 is 0 Å². The highest BCUT2D eigenvalue weighted by Crippen LogP contribution is 2.04. The van der Waals surface area contributed by atoms with Gasteiger partial charge in [-0.2, -0.15) is 5.10 Å². The quantitative estimate of drug-likeness (QED) is 0.664. The van der Waals surface area contributed by atoms with Crippen LogP contribution in [-0.2, 0) is 18.3 Å². The topological polar surface area (TPSA) is 42.3 Å². The summed E-state index contributed by atoms with van der Waals surface area (Å²) >= 11 is 0. The largest absolute Gasteiger partial charge is 0.385 e. The van der Waals surface area contributed by atoms with Gasteiger partial charge < -0.3 is 10.1 Å². The lowest BCUT2D eigenvalue weighted by Crippen LogP contribution is -2.37. The van der Waals surface area contributed by atoms with Crippen molar-refractivity contribution in [2.45, 2.75) is 25.9 Å². The molecule has 1 aromatic rings. The molecule has 5 nitrogen and oxygen atoms in total. The van der Waals surface area contributed by atoms with Crippen LogP contribution in [0.1, 0.15) is 18.9 Å². The molecule has 0 saturated carbocycles. The Bertz CT molecular complexity index is 327. The number of nitrogens with one attached hydrogen (secondary N) is 1. The van der Waals surface area contributed by atoms with E-state index in [1.807, 2.05) is 17.9 Å². The molecule has 0 aromatic carbocycles. The summed E-state index contributed by atoms with van der Waals surface area (Å²) in [5.41, 5.74) is 1.26. The zero-order valence-electron chi connectivity index (χ0n) is 12.0. The van der Waals surface area contributed by atoms with Gasteiger partial charge >= 0.3 is 0 Å². The Kier molecular flexibility index (Phi) is 6.93. The van der Waals surface area contributed by atoms with Crippen LogP contribution in [0.5, 0.6) is 0 Å². The standard InChI is InChI=1S/C13H26N4O/c1-12(8-14-6-5-7-18-4)16(2)10-13-9-15-17(3)11-13/h9,11-12,14H,5-8,10H2,1-4H3. The van der Waals surface area contributed by atoms with E-state index in [0.29, 0.717) is 6.04 Å². The van der Waals surface area contributed by atoms with E-state index in [1.54, 1.807) is 7.11 Å². The van der Waals surface area contributed by atoms with Crippen LogP contribution < -0.4 is 5.32 Å². The Morgan fingerprint density at radius 2 is 2.33 bits per heavy atom. The molecule has 0 fully saturated rings. The molecule has 0 aliphatic rings. The molecule has 0 saturated heterocycles. The van der Waals surface area contributed by atoms with Crippen molar-refractivity contribution in [3.05, 3.63) is 18.0 Å². The first-order valence-electron chi connectivity index (χ1n) is 6.51. The van der Waals surface area contributed by atoms with E-state index < -0.39 is 0 Å². The van der Waals surface area contributed by atoms with Gasteiger partial charge in [-0.3, -0.25) is 9.58 Å². The van der Waals surface area contributed by atoms with Crippen LogP contribution in [-0.4, -0.2) is 54.6 Å². The van der Waals surface area contributed by atoms with Crippen molar-refractivity contribution in [2.75, 3.05) is 33.9 Å². The van der Waals surface area contributed by atoms with Crippen LogP contribution in [0.3, 0.4) is 0 Å². The highest BCUT2D eigenvalue weighted by Gasteiger charge is 2.09. The second-order valence-electron chi connectivity index (χ2n) is 4.84. The zero-order chi connectivity index (χ0) is 13.4. The highest BCUT2D eigenvalue weighted by atomic mass is 16.5. The van der Waals surface area contributed by atoms with E-state index >= 15 is 0 Å². The SMILES string of the molecule is COCCCNCC(C)N(C)Cc1cnn(C)c1. The molecule has 1 atom stereocenters. The van der Waals surface area contributed by atoms with Crippen LogP contribution in [0.25, 0.3) is 0 Å². The molecule has 0 amide bonds. The van der Waals surface area contributed by atoms with E-state index in [-0.39, 0.29) is 0 Å². The lowest BCUT2D eigenvalue weighted by molar-refractivity contribution is 0.191. The summed E-state index contributed by atoms with van der Waals surface area (Å²) in [6, 6.07) is 0.507. The fourth-order valence-corrected chi connectivity index (χ4v) is 1.81. The maximum absolute atomic E-state index is 5.02. The van der Waals surface area contributed by atoms with Gasteiger partial charge in [-0.05, 0) is 26.9 Å². The number of aryl methyl sites for hydroxylation is 1. The summed E-state index contributed by atoms with van der Waals surface area (Å²) < 4.78 is 6.86. The van der Waals surface area contributed by atoms with E-state index in [9.17, 15) is 0 Å². The third kappa shape index (κ3) is 5.62. The molecule has 1 unspecified atom stereocenters. The maximum Gasteiger partial charge on any atom is 0.0534 e. The van der Waals surface area contributed by atoms with Gasteiger partial charge in [0.05, 0.1) is 6.20 Å². The second-order valence-corrected chi connectivity index (χ2v) is 4.84. The van der Waals surface area contributed by atoms with Crippen molar-refractivity contribution in [3.8, 4) is 0 Å². The summed E-state index contributed by atoms with van der Waals surface area (Å²) in [5, 5.41) is 7.63. The first-order valence-corrected chi connectivity index (χ1v) is 6.51. The van der Waals surface area contributed by atoms with Crippen molar-refractivity contribution in [2.24, 2.45) is 7.05 Å². The summed E-state index contributed by atoms with van der Waals surface area (Å²) in [6.45, 7) is 6.01. The molecule has 5 heteroatoms. The van der Waals surface area contributed by atoms with E-state index in [2.05, 4.69) is 35.5 Å². The minimum atomic E-state index is 0.507. The fourth-order valence-electron chi connectivity index (χ4n) is 1.81. The van der Waals surface area contributed by atoms with Crippen LogP contribution in [0, 0.1) is 0 Å². The van der Waals surface area contributed by atoms with Gasteiger partial charge in [0.25, 0.3) is 0 Å². The van der Waals surface area contributed by atoms with Crippen LogP contribution >= 0.6 is 0 Å². The van der Waals surface area contributed by atoms with Crippen molar-refractivity contribution in [3.63, 3.8) is 0 Å². The molecule has 1 aromatic heterocycles. The first kappa shape index (κ1) is 15.1. The van der Waals surface area contributed by atoms with Gasteiger partial charge in [0.1, 0.15) is 0 Å². The number of methoxy groups -OCH3 is 1. The molecule has 0 aliphatic carbocycles. The molecule has 18 heavy (non-hydrogen) atoms. The zero-order valence-corrected chi connectivity index (χ0v) is 12.0. The predicted molar refractivity (Wildman–Crippen MR) is 73.5 cm³/mol. The first-order chi connectivity index (χ1) is 8.63. The molecular weight excluding hydrogens is 228 g/mol. The number of likely N-dealkylation sites (N-methyl/N-ethyl adjacent to an activating group) is 1. The second kappa shape index (κ2) is 8.24. The van der Waals surface area contributed by atoms with Gasteiger partial charge in [-0.15, -0.1) is 0 Å². The van der Waals surface area contributed by atoms with Crippen LogP contribution in [0.15, 0.2) is 12.4 Å². The molecule has 1 heterocycles. The molecule has 1 rings (SSSR count). The molecule has 0 spiro atoms. The van der Waals surface area contributed by atoms with Crippen LogP contribution in [0.2, 0.25) is 0 Å². The van der Waals surface area contributed by atoms with Gasteiger partial charge in [0.15, 0.2) is 0 Å². The van der Waals surface area contributed by atoms with E-state index in [1.165, 1.54) is 5.56 Å². The third-order valence-electron chi connectivity index (χ3n) is 3.08. The Morgan fingerprint density at radius 3 is 2.94 bits per heavy atom. The Labute approximate surface area is 110 Å². The monoisotopic (exact) mass is 254 g/mol. The summed E-state index contributed by atoms with van der Waals surface area (Å²) in [5.74, 6) is 0. The maximum atomic E-state index is 5.02. The summed E-state index contributed by atoms with van der Waals surface area (Å²) in [7, 11) is 5.84. The Morgan fingerprint density at radius 1 is 1.56 bits per heavy atom. The molecule has 1 N–H and O–H groups in total. The fraction of sp³-hybridized carbons (Fsp3) is 0.769. The number of hydrogen-bond donors (Lipinski definition) is 1. The molecule has 0 aliphatic heterocycles. The minimum absolute atomic E-state index is 0.507. The average Bonchev–Trinajstić information content (AvgIpc) is 2.74. The highest BCUT2D eigenvalue weighted by molar-refractivity contribution is 5.03. The van der Waals surface area contributed by atoms with Crippen molar-refractivity contribution < 1.29 is 4.74 Å². The van der Waals surface area contributed by atoms with Gasteiger partial charge in [0.2, 0.25) is 0 Å². The number of ether oxygens (including phenoxy) is 1. The van der Waals surface area contributed by atoms with Crippen molar-refractivity contribution in [1.29, 1.82) is 0 Å². The molecule has 0 bridgehead atoms. The number of aromatic nitrogens is 2. The van der Waals surface area contributed by atoms with Gasteiger partial charge in [-0.1, -0.05) is 0 Å². The smallest absolute Gasteiger partial charge is 0.0534 e. The van der Waals surface area contributed by atoms with Gasteiger partial charge in [0, 0.05) is 51.7 Å². The molecule has 104 valence electrons. The normalized spacial score (nSPS) is 13.2. The minimum Gasteiger partial charge on any atom is -0.385 e. The molecule has 0 radical (unpaired) electrons. The molecular formula is C13H26N4O. The van der Waals surface area contributed by atoms with E-state index in [0.717, 1.165) is 32.7 Å². The Hall–Kier alpha value is -0.910. The van der Waals surface area contributed by atoms with E-state index in [4.69, 9.17) is 4.74 Å². The summed E-state index contributed by atoms with van der Waals surface area (Å²) in [4.78, 5) is 2.33. The number of nitrogens with zero attached hydrogens (tertiary/aromatic N) is 3.